The van der Waals surface area contributed by atoms with E-state index in [0.29, 0.717) is 0 Å². The lowest BCUT2D eigenvalue weighted by Crippen LogP contribution is -2.16. The van der Waals surface area contributed by atoms with Crippen molar-refractivity contribution in [2.24, 2.45) is 0 Å². The van der Waals surface area contributed by atoms with Crippen LogP contribution in [0.25, 0.3) is 55.0 Å². The van der Waals surface area contributed by atoms with E-state index in [1.54, 1.807) is 0 Å². The van der Waals surface area contributed by atoms with E-state index in [1.165, 1.54) is 49.8 Å². The molecule has 0 aliphatic heterocycles. The summed E-state index contributed by atoms with van der Waals surface area (Å²) in [5, 5.41) is 4.75. The Bertz CT molecular complexity index is 2410. The average Bonchev–Trinajstić information content (AvgIpc) is 3.58. The molecule has 2 nitrogen and oxygen atoms in total. The Balaban J connectivity index is 1.31. The minimum atomic E-state index is -0.0970. The van der Waals surface area contributed by atoms with Gasteiger partial charge in [-0.25, -0.2) is 0 Å². The fourth-order valence-corrected chi connectivity index (χ4v) is 7.54. The summed E-state index contributed by atoms with van der Waals surface area (Å²) in [5.41, 5.74) is 12.8. The number of fused-ring (bicyclic) bond motifs is 7. The maximum atomic E-state index is 6.39. The monoisotopic (exact) mass is 577 g/mol. The normalized spacial score (nSPS) is 13.3. The Kier molecular flexibility index (Phi) is 5.58. The van der Waals surface area contributed by atoms with E-state index in [9.17, 15) is 0 Å². The van der Waals surface area contributed by atoms with Gasteiger partial charge in [0.15, 0.2) is 0 Å². The van der Waals surface area contributed by atoms with Gasteiger partial charge in [-0.2, -0.15) is 0 Å². The Morgan fingerprint density at radius 2 is 1.11 bits per heavy atom. The van der Waals surface area contributed by atoms with E-state index in [1.807, 2.05) is 6.07 Å². The Morgan fingerprint density at radius 3 is 2.00 bits per heavy atom. The summed E-state index contributed by atoms with van der Waals surface area (Å²) in [6, 6.07) is 54.7. The highest BCUT2D eigenvalue weighted by Crippen LogP contribution is 2.55. The van der Waals surface area contributed by atoms with Crippen LogP contribution < -0.4 is 4.90 Å². The number of furan rings is 1. The summed E-state index contributed by atoms with van der Waals surface area (Å²) in [6.45, 7) is 4.68. The van der Waals surface area contributed by atoms with Crippen LogP contribution in [0.3, 0.4) is 0 Å². The second-order valence-corrected chi connectivity index (χ2v) is 12.5. The summed E-state index contributed by atoms with van der Waals surface area (Å²) in [4.78, 5) is 2.44. The lowest BCUT2D eigenvalue weighted by molar-refractivity contribution is 0.660. The summed E-state index contributed by atoms with van der Waals surface area (Å²) in [5.74, 6) is 0. The zero-order valence-electron chi connectivity index (χ0n) is 25.3. The second kappa shape index (κ2) is 9.70. The van der Waals surface area contributed by atoms with Crippen molar-refractivity contribution in [1.82, 2.24) is 0 Å². The molecule has 1 aromatic heterocycles. The lowest BCUT2D eigenvalue weighted by Gasteiger charge is -2.29. The summed E-state index contributed by atoms with van der Waals surface area (Å²) in [7, 11) is 0. The molecule has 0 fully saturated rings. The van der Waals surface area contributed by atoms with Gasteiger partial charge in [-0.1, -0.05) is 129 Å². The smallest absolute Gasteiger partial charge is 0.137 e. The first-order chi connectivity index (χ1) is 22.1. The van der Waals surface area contributed by atoms with Crippen molar-refractivity contribution >= 4 is 49.8 Å². The minimum absolute atomic E-state index is 0.0970. The van der Waals surface area contributed by atoms with Crippen LogP contribution in [0.4, 0.5) is 17.1 Å². The maximum Gasteiger partial charge on any atom is 0.137 e. The van der Waals surface area contributed by atoms with Gasteiger partial charge >= 0.3 is 0 Å². The number of hydrogen-bond acceptors (Lipinski definition) is 2. The van der Waals surface area contributed by atoms with Crippen LogP contribution in [0, 0.1) is 0 Å². The minimum Gasteiger partial charge on any atom is -0.456 e. The molecule has 7 aromatic carbocycles. The Hall–Kier alpha value is -5.60. The van der Waals surface area contributed by atoms with Crippen molar-refractivity contribution in [3.8, 4) is 22.3 Å². The Labute approximate surface area is 262 Å². The zero-order chi connectivity index (χ0) is 30.1. The van der Waals surface area contributed by atoms with E-state index in [4.69, 9.17) is 4.42 Å². The van der Waals surface area contributed by atoms with Gasteiger partial charge in [0.05, 0.1) is 16.8 Å². The molecule has 0 N–H and O–H groups in total. The van der Waals surface area contributed by atoms with Crippen LogP contribution >= 0.6 is 0 Å². The van der Waals surface area contributed by atoms with E-state index in [2.05, 4.69) is 164 Å². The number of anilines is 3. The molecule has 1 aliphatic rings. The van der Waals surface area contributed by atoms with Gasteiger partial charge in [-0.15, -0.1) is 0 Å². The van der Waals surface area contributed by atoms with Crippen molar-refractivity contribution in [1.29, 1.82) is 0 Å². The third-order valence-electron chi connectivity index (χ3n) is 9.67. The molecule has 8 aromatic rings. The van der Waals surface area contributed by atoms with Crippen molar-refractivity contribution in [3.63, 3.8) is 0 Å². The molecule has 214 valence electrons. The average molecular weight is 578 g/mol. The molecule has 45 heavy (non-hydrogen) atoms. The Morgan fingerprint density at radius 1 is 0.489 bits per heavy atom. The van der Waals surface area contributed by atoms with Gasteiger partial charge in [0.1, 0.15) is 11.2 Å². The van der Waals surface area contributed by atoms with Gasteiger partial charge in [0, 0.05) is 22.1 Å². The van der Waals surface area contributed by atoms with Gasteiger partial charge in [0.2, 0.25) is 0 Å². The van der Waals surface area contributed by atoms with Crippen LogP contribution in [0.5, 0.6) is 0 Å². The molecule has 0 amide bonds. The first-order valence-electron chi connectivity index (χ1n) is 15.6. The molecule has 2 heteroatoms. The molecule has 0 atom stereocenters. The third kappa shape index (κ3) is 3.82. The van der Waals surface area contributed by atoms with Crippen molar-refractivity contribution < 1.29 is 4.42 Å². The predicted molar refractivity (Wildman–Crippen MR) is 189 cm³/mol. The molecular formula is C43H31NO. The second-order valence-electron chi connectivity index (χ2n) is 12.5. The summed E-state index contributed by atoms with van der Waals surface area (Å²) < 4.78 is 6.39. The molecule has 1 aliphatic carbocycles. The van der Waals surface area contributed by atoms with Crippen LogP contribution in [0.15, 0.2) is 156 Å². The van der Waals surface area contributed by atoms with Crippen LogP contribution in [0.1, 0.15) is 25.0 Å². The fourth-order valence-electron chi connectivity index (χ4n) is 7.54. The molecule has 0 radical (unpaired) electrons. The van der Waals surface area contributed by atoms with Crippen molar-refractivity contribution in [2.75, 3.05) is 4.90 Å². The fraction of sp³-hybridized carbons (Fsp3) is 0.0698. The van der Waals surface area contributed by atoms with Crippen LogP contribution in [-0.2, 0) is 5.41 Å². The molecular weight excluding hydrogens is 546 g/mol. The first-order valence-corrected chi connectivity index (χ1v) is 15.6. The van der Waals surface area contributed by atoms with Crippen LogP contribution in [-0.4, -0.2) is 0 Å². The number of benzene rings is 7. The quantitative estimate of drug-likeness (QED) is 0.207. The van der Waals surface area contributed by atoms with E-state index >= 15 is 0 Å². The number of hydrogen-bond donors (Lipinski definition) is 0. The van der Waals surface area contributed by atoms with Crippen LogP contribution in [0.2, 0.25) is 0 Å². The first kappa shape index (κ1) is 25.9. The van der Waals surface area contributed by atoms with E-state index in [-0.39, 0.29) is 5.41 Å². The molecule has 0 saturated carbocycles. The molecule has 0 spiro atoms. The van der Waals surface area contributed by atoms with Crippen molar-refractivity contribution in [3.05, 3.63) is 163 Å². The molecule has 0 bridgehead atoms. The summed E-state index contributed by atoms with van der Waals surface area (Å²) in [6.07, 6.45) is 0. The van der Waals surface area contributed by atoms with Crippen molar-refractivity contribution in [2.45, 2.75) is 19.3 Å². The molecule has 1 heterocycles. The SMILES string of the molecule is CC1(C)c2ccccc2-c2c(N(c3ccc(-c4cccc5ccccc45)cc3)c3cccc4oc5ccccc5c34)cccc21. The van der Waals surface area contributed by atoms with E-state index < -0.39 is 0 Å². The molecule has 9 rings (SSSR count). The van der Waals surface area contributed by atoms with Gasteiger partial charge in [0.25, 0.3) is 0 Å². The molecule has 0 saturated heterocycles. The van der Waals surface area contributed by atoms with E-state index in [0.717, 1.165) is 33.3 Å². The predicted octanol–water partition coefficient (Wildman–Crippen LogP) is 12.2. The number of nitrogens with zero attached hydrogens (tertiary/aromatic N) is 1. The highest BCUT2D eigenvalue weighted by molar-refractivity contribution is 6.14. The summed E-state index contributed by atoms with van der Waals surface area (Å²) >= 11 is 0. The number of para-hydroxylation sites is 1. The highest BCUT2D eigenvalue weighted by Gasteiger charge is 2.38. The third-order valence-corrected chi connectivity index (χ3v) is 9.67. The lowest BCUT2D eigenvalue weighted by atomic mass is 9.82. The van der Waals surface area contributed by atoms with Gasteiger partial charge in [-0.3, -0.25) is 0 Å². The largest absolute Gasteiger partial charge is 0.456 e. The topological polar surface area (TPSA) is 16.4 Å². The maximum absolute atomic E-state index is 6.39. The van der Waals surface area contributed by atoms with Gasteiger partial charge in [-0.05, 0) is 75.0 Å². The molecule has 0 unspecified atom stereocenters. The highest BCUT2D eigenvalue weighted by atomic mass is 16.3. The van der Waals surface area contributed by atoms with Gasteiger partial charge < -0.3 is 9.32 Å². The standard InChI is InChI=1S/C43H31NO/c1-43(2)35-18-7-5-15-33(35)41-36(43)19-10-20-37(41)44(38-21-11-23-40-42(38)34-16-6-8-22-39(34)45-40)30-26-24-29(25-27-30)32-17-9-13-28-12-3-4-14-31(28)32/h3-27H,1-2H3. The zero-order valence-corrected chi connectivity index (χ0v) is 25.3. The number of rotatable bonds is 4.